The molecule has 0 aliphatic carbocycles. The van der Waals surface area contributed by atoms with Crippen LogP contribution in [0.5, 0.6) is 5.88 Å². The van der Waals surface area contributed by atoms with Gasteiger partial charge in [0.2, 0.25) is 5.88 Å². The molecule has 0 spiro atoms. The molecule has 0 saturated heterocycles. The number of benzene rings is 1. The van der Waals surface area contributed by atoms with Crippen molar-refractivity contribution in [1.29, 1.82) is 0 Å². The Morgan fingerprint density at radius 1 is 1.24 bits per heavy atom. The first-order valence-electron chi connectivity index (χ1n) is 5.94. The fourth-order valence-corrected chi connectivity index (χ4v) is 1.69. The van der Waals surface area contributed by atoms with Crippen molar-refractivity contribution in [3.63, 3.8) is 0 Å². The van der Waals surface area contributed by atoms with Crippen molar-refractivity contribution in [2.24, 2.45) is 0 Å². The monoisotopic (exact) mass is 231 g/mol. The minimum atomic E-state index is 0.645. The first-order chi connectivity index (χ1) is 8.31. The molecule has 2 N–H and O–H groups in total. The molecule has 0 aliphatic heterocycles. The van der Waals surface area contributed by atoms with Crippen molar-refractivity contribution in [3.8, 4) is 5.88 Å². The molecule has 1 heterocycles. The molecule has 0 radical (unpaired) electrons. The summed E-state index contributed by atoms with van der Waals surface area (Å²) in [4.78, 5) is 8.34. The van der Waals surface area contributed by atoms with Crippen LogP contribution in [0.1, 0.15) is 26.2 Å². The maximum Gasteiger partial charge on any atom is 0.224 e. The van der Waals surface area contributed by atoms with E-state index in [-0.39, 0.29) is 0 Å². The van der Waals surface area contributed by atoms with Crippen molar-refractivity contribution < 1.29 is 4.74 Å². The first-order valence-corrected chi connectivity index (χ1v) is 5.94. The fraction of sp³-hybridized carbons (Fsp3) is 0.385. The minimum absolute atomic E-state index is 0.645. The predicted octanol–water partition coefficient (Wildman–Crippen LogP) is 2.78. The van der Waals surface area contributed by atoms with Crippen LogP contribution < -0.4 is 10.5 Å². The Balaban J connectivity index is 2.16. The van der Waals surface area contributed by atoms with Gasteiger partial charge in [0, 0.05) is 5.69 Å². The largest absolute Gasteiger partial charge is 0.477 e. The van der Waals surface area contributed by atoms with Gasteiger partial charge in [0.1, 0.15) is 6.33 Å². The van der Waals surface area contributed by atoms with E-state index in [9.17, 15) is 0 Å². The van der Waals surface area contributed by atoms with E-state index < -0.39 is 0 Å². The third kappa shape index (κ3) is 2.84. The molecule has 90 valence electrons. The normalized spacial score (nSPS) is 10.6. The molecule has 2 rings (SSSR count). The molecule has 17 heavy (non-hydrogen) atoms. The number of aromatic nitrogens is 2. The van der Waals surface area contributed by atoms with E-state index >= 15 is 0 Å². The van der Waals surface area contributed by atoms with Crippen molar-refractivity contribution in [3.05, 3.63) is 24.5 Å². The molecule has 0 unspecified atom stereocenters. The van der Waals surface area contributed by atoms with Crippen LogP contribution in [-0.2, 0) is 0 Å². The second-order valence-corrected chi connectivity index (χ2v) is 4.01. The average molecular weight is 231 g/mol. The molecule has 0 fully saturated rings. The van der Waals surface area contributed by atoms with E-state index in [0.717, 1.165) is 17.3 Å². The molecule has 2 aromatic rings. The van der Waals surface area contributed by atoms with E-state index in [1.54, 1.807) is 0 Å². The van der Waals surface area contributed by atoms with Gasteiger partial charge in [-0.3, -0.25) is 0 Å². The summed E-state index contributed by atoms with van der Waals surface area (Å²) in [5.74, 6) is 0.645. The van der Waals surface area contributed by atoms with Crippen LogP contribution in [-0.4, -0.2) is 16.6 Å². The molecule has 4 nitrogen and oxygen atoms in total. The summed E-state index contributed by atoms with van der Waals surface area (Å²) in [7, 11) is 0. The Morgan fingerprint density at radius 3 is 2.94 bits per heavy atom. The summed E-state index contributed by atoms with van der Waals surface area (Å²) >= 11 is 0. The molecule has 1 aromatic heterocycles. The van der Waals surface area contributed by atoms with Gasteiger partial charge in [-0.2, -0.15) is 0 Å². The smallest absolute Gasteiger partial charge is 0.224 e. The van der Waals surface area contributed by atoms with Crippen molar-refractivity contribution in [1.82, 2.24) is 9.97 Å². The standard InChI is InChI=1S/C13H17N3O/c1-2-3-4-7-17-13-11-6-5-10(14)8-12(11)15-9-16-13/h5-6,8-9H,2-4,7,14H2,1H3. The van der Waals surface area contributed by atoms with Gasteiger partial charge in [-0.25, -0.2) is 9.97 Å². The van der Waals surface area contributed by atoms with E-state index in [4.69, 9.17) is 10.5 Å². The second kappa shape index (κ2) is 5.48. The Labute approximate surface area is 101 Å². The number of rotatable bonds is 5. The van der Waals surface area contributed by atoms with Crippen LogP contribution in [0, 0.1) is 0 Å². The Hall–Kier alpha value is -1.84. The highest BCUT2D eigenvalue weighted by atomic mass is 16.5. The lowest BCUT2D eigenvalue weighted by atomic mass is 10.2. The summed E-state index contributed by atoms with van der Waals surface area (Å²) < 4.78 is 5.67. The summed E-state index contributed by atoms with van der Waals surface area (Å²) in [6, 6.07) is 5.57. The van der Waals surface area contributed by atoms with Crippen molar-refractivity contribution >= 4 is 16.6 Å². The molecule has 0 amide bonds. The maximum atomic E-state index is 5.71. The van der Waals surface area contributed by atoms with Gasteiger partial charge in [-0.05, 0) is 24.6 Å². The lowest BCUT2D eigenvalue weighted by Gasteiger charge is -2.07. The highest BCUT2D eigenvalue weighted by molar-refractivity contribution is 5.85. The summed E-state index contributed by atoms with van der Waals surface area (Å²) in [5, 5.41) is 0.915. The average Bonchev–Trinajstić information content (AvgIpc) is 2.34. The molecular formula is C13H17N3O. The van der Waals surface area contributed by atoms with Crippen LogP contribution in [0.2, 0.25) is 0 Å². The lowest BCUT2D eigenvalue weighted by Crippen LogP contribution is -2.00. The molecule has 1 aromatic carbocycles. The SMILES string of the molecule is CCCCCOc1ncnc2cc(N)ccc12. The number of unbranched alkanes of at least 4 members (excludes halogenated alkanes) is 2. The summed E-state index contributed by atoms with van der Waals surface area (Å²) in [6.45, 7) is 2.87. The fourth-order valence-electron chi connectivity index (χ4n) is 1.69. The number of nitrogens with two attached hydrogens (primary N) is 1. The Kier molecular flexibility index (Phi) is 3.75. The number of nitrogens with zero attached hydrogens (tertiary/aromatic N) is 2. The van der Waals surface area contributed by atoms with Gasteiger partial charge in [0.15, 0.2) is 0 Å². The number of fused-ring (bicyclic) bond motifs is 1. The first kappa shape index (κ1) is 11.6. The summed E-state index contributed by atoms with van der Waals surface area (Å²) in [5.41, 5.74) is 7.24. The Morgan fingerprint density at radius 2 is 2.12 bits per heavy atom. The number of ether oxygens (including phenoxy) is 1. The molecule has 0 aliphatic rings. The van der Waals surface area contributed by atoms with Gasteiger partial charge in [-0.1, -0.05) is 19.8 Å². The zero-order valence-electron chi connectivity index (χ0n) is 10.0. The van der Waals surface area contributed by atoms with Crippen LogP contribution >= 0.6 is 0 Å². The van der Waals surface area contributed by atoms with Crippen LogP contribution in [0.25, 0.3) is 10.9 Å². The molecule has 0 bridgehead atoms. The van der Waals surface area contributed by atoms with Crippen LogP contribution in [0.3, 0.4) is 0 Å². The minimum Gasteiger partial charge on any atom is -0.477 e. The van der Waals surface area contributed by atoms with Gasteiger partial charge in [0.25, 0.3) is 0 Å². The third-order valence-electron chi connectivity index (χ3n) is 2.61. The second-order valence-electron chi connectivity index (χ2n) is 4.01. The van der Waals surface area contributed by atoms with Gasteiger partial charge >= 0.3 is 0 Å². The summed E-state index contributed by atoms with van der Waals surface area (Å²) in [6.07, 6.45) is 4.92. The highest BCUT2D eigenvalue weighted by Crippen LogP contribution is 2.23. The molecule has 0 atom stereocenters. The van der Waals surface area contributed by atoms with Gasteiger partial charge in [-0.15, -0.1) is 0 Å². The Bertz CT molecular complexity index is 499. The zero-order chi connectivity index (χ0) is 12.1. The number of hydrogen-bond acceptors (Lipinski definition) is 4. The van der Waals surface area contributed by atoms with E-state index in [0.29, 0.717) is 18.2 Å². The van der Waals surface area contributed by atoms with Gasteiger partial charge in [0.05, 0.1) is 17.5 Å². The van der Waals surface area contributed by atoms with Crippen molar-refractivity contribution in [2.75, 3.05) is 12.3 Å². The van der Waals surface area contributed by atoms with Crippen molar-refractivity contribution in [2.45, 2.75) is 26.2 Å². The van der Waals surface area contributed by atoms with Crippen LogP contribution in [0.15, 0.2) is 24.5 Å². The predicted molar refractivity (Wildman–Crippen MR) is 69.0 cm³/mol. The van der Waals surface area contributed by atoms with Gasteiger partial charge < -0.3 is 10.5 Å². The maximum absolute atomic E-state index is 5.71. The van der Waals surface area contributed by atoms with Crippen LogP contribution in [0.4, 0.5) is 5.69 Å². The molecule has 0 saturated carbocycles. The quantitative estimate of drug-likeness (QED) is 0.635. The number of nitrogen functional groups attached to an aromatic ring is 1. The highest BCUT2D eigenvalue weighted by Gasteiger charge is 2.04. The van der Waals surface area contributed by atoms with E-state index in [1.807, 2.05) is 18.2 Å². The number of anilines is 1. The number of hydrogen-bond donors (Lipinski definition) is 1. The topological polar surface area (TPSA) is 61.0 Å². The third-order valence-corrected chi connectivity index (χ3v) is 2.61. The lowest BCUT2D eigenvalue weighted by molar-refractivity contribution is 0.298. The van der Waals surface area contributed by atoms with E-state index in [1.165, 1.54) is 19.2 Å². The van der Waals surface area contributed by atoms with E-state index in [2.05, 4.69) is 16.9 Å². The molecular weight excluding hydrogens is 214 g/mol. The molecule has 4 heteroatoms. The zero-order valence-corrected chi connectivity index (χ0v) is 10.0.